The van der Waals surface area contributed by atoms with Crippen LogP contribution in [0.15, 0.2) is 54.1 Å². The van der Waals surface area contributed by atoms with E-state index < -0.39 is 30.3 Å². The summed E-state index contributed by atoms with van der Waals surface area (Å²) in [5, 5.41) is 16.4. The molecule has 3 aromatic heterocycles. The Kier molecular flexibility index (Phi) is 10.9. The van der Waals surface area contributed by atoms with Crippen LogP contribution >= 0.6 is 11.3 Å². The smallest absolute Gasteiger partial charge is 0.392 e. The second-order valence-corrected chi connectivity index (χ2v) is 17.2. The Morgan fingerprint density at radius 2 is 1.90 bits per heavy atom. The fraction of sp³-hybridized carbons (Fsp3) is 0.452. The van der Waals surface area contributed by atoms with E-state index in [2.05, 4.69) is 41.0 Å². The molecule has 3 N–H and O–H groups in total. The molecule has 4 aliphatic rings. The topological polar surface area (TPSA) is 145 Å². The summed E-state index contributed by atoms with van der Waals surface area (Å²) in [6, 6.07) is 4.30. The van der Waals surface area contributed by atoms with Crippen molar-refractivity contribution >= 4 is 51.8 Å². The SMILES string of the molecule is C=CC(=O)Nc1cc(Nc2nc(-c3ccnc(N4CCc5c(sc6c5CCC6(C)C)C4=O)c3CO)cn(C)c2=O)ccc1N1CCN(C2CCOCC2)CC1C(F)(F)F. The first-order valence-electron chi connectivity index (χ1n) is 19.8. The zero-order valence-electron chi connectivity index (χ0n) is 33.2. The number of thiophene rings is 1. The van der Waals surface area contributed by atoms with Crippen molar-refractivity contribution in [3.05, 3.63) is 86.1 Å². The van der Waals surface area contributed by atoms with Gasteiger partial charge in [0, 0.05) is 86.6 Å². The number of amides is 2. The van der Waals surface area contributed by atoms with Gasteiger partial charge in [-0.25, -0.2) is 9.97 Å². The zero-order valence-corrected chi connectivity index (χ0v) is 34.0. The number of fused-ring (bicyclic) bond motifs is 3. The Morgan fingerprint density at radius 1 is 1.12 bits per heavy atom. The Bertz CT molecular complexity index is 2370. The fourth-order valence-corrected chi connectivity index (χ4v) is 10.4. The maximum absolute atomic E-state index is 14.7. The maximum Gasteiger partial charge on any atom is 0.409 e. The van der Waals surface area contributed by atoms with Crippen molar-refractivity contribution in [1.29, 1.82) is 0 Å². The molecule has 3 aliphatic heterocycles. The van der Waals surface area contributed by atoms with Gasteiger partial charge in [-0.05, 0) is 79.0 Å². The van der Waals surface area contributed by atoms with Crippen molar-refractivity contribution in [1.82, 2.24) is 19.4 Å². The highest BCUT2D eigenvalue weighted by Crippen LogP contribution is 2.48. The number of piperazine rings is 1. The highest BCUT2D eigenvalue weighted by atomic mass is 32.1. The number of nitrogens with one attached hydrogen (secondary N) is 2. The van der Waals surface area contributed by atoms with E-state index in [0.717, 1.165) is 24.5 Å². The second kappa shape index (κ2) is 15.8. The van der Waals surface area contributed by atoms with Crippen LogP contribution in [0, 0.1) is 0 Å². The maximum atomic E-state index is 14.7. The van der Waals surface area contributed by atoms with Gasteiger partial charge < -0.3 is 29.9 Å². The average Bonchev–Trinajstić information content (AvgIpc) is 3.76. The number of hydrogen-bond acceptors (Lipinski definition) is 11. The van der Waals surface area contributed by atoms with Gasteiger partial charge in [0.1, 0.15) is 11.9 Å². The van der Waals surface area contributed by atoms with Crippen LogP contribution in [0.5, 0.6) is 0 Å². The molecule has 2 amide bonds. The lowest BCUT2D eigenvalue weighted by Gasteiger charge is -2.47. The van der Waals surface area contributed by atoms with Crippen LogP contribution in [0.1, 0.15) is 64.3 Å². The summed E-state index contributed by atoms with van der Waals surface area (Å²) in [6.45, 7) is 9.10. The number of nitrogens with zero attached hydrogens (tertiary/aromatic N) is 6. The van der Waals surface area contributed by atoms with E-state index in [-0.39, 0.29) is 53.3 Å². The van der Waals surface area contributed by atoms with Crippen molar-refractivity contribution in [3.8, 4) is 11.3 Å². The van der Waals surface area contributed by atoms with Crippen LogP contribution in [0.2, 0.25) is 0 Å². The lowest BCUT2D eigenvalue weighted by molar-refractivity contribution is -0.159. The fourth-order valence-electron chi connectivity index (χ4n) is 8.91. The number of aliphatic hydroxyl groups excluding tert-OH is 1. The summed E-state index contributed by atoms with van der Waals surface area (Å²) >= 11 is 1.55. The third-order valence-electron chi connectivity index (χ3n) is 12.1. The first kappa shape index (κ1) is 40.7. The Hall–Kier alpha value is -5.10. The molecular weight excluding hydrogens is 786 g/mol. The molecule has 17 heteroatoms. The monoisotopic (exact) mass is 832 g/mol. The van der Waals surface area contributed by atoms with Gasteiger partial charge >= 0.3 is 6.18 Å². The Morgan fingerprint density at radius 3 is 2.63 bits per heavy atom. The molecule has 13 nitrogen and oxygen atoms in total. The highest BCUT2D eigenvalue weighted by molar-refractivity contribution is 7.14. The molecule has 2 saturated heterocycles. The van der Waals surface area contributed by atoms with Gasteiger partial charge in [0.05, 0.1) is 28.6 Å². The Balaban J connectivity index is 1.10. The lowest BCUT2D eigenvalue weighted by Crippen LogP contribution is -2.61. The number of carbonyl (C=O) groups excluding carboxylic acids is 2. The quantitative estimate of drug-likeness (QED) is 0.174. The molecule has 0 spiro atoms. The van der Waals surface area contributed by atoms with E-state index in [0.29, 0.717) is 73.1 Å². The van der Waals surface area contributed by atoms with Gasteiger partial charge in [-0.3, -0.25) is 24.2 Å². The molecular formula is C42H47F3N8O5S. The van der Waals surface area contributed by atoms with Crippen LogP contribution in [-0.2, 0) is 41.4 Å². The second-order valence-electron chi connectivity index (χ2n) is 16.2. The van der Waals surface area contributed by atoms with Crippen molar-refractivity contribution in [2.24, 2.45) is 7.05 Å². The van der Waals surface area contributed by atoms with Crippen molar-refractivity contribution < 1.29 is 32.6 Å². The number of aromatic nitrogens is 3. The molecule has 8 rings (SSSR count). The molecule has 0 saturated carbocycles. The van der Waals surface area contributed by atoms with Crippen molar-refractivity contribution in [2.75, 3.05) is 59.8 Å². The minimum Gasteiger partial charge on any atom is -0.392 e. The first-order chi connectivity index (χ1) is 28.2. The molecule has 4 aromatic rings. The number of pyridine rings is 1. The molecule has 0 radical (unpaired) electrons. The molecule has 1 aromatic carbocycles. The van der Waals surface area contributed by atoms with Crippen LogP contribution in [-0.4, -0.2) is 94.0 Å². The average molecular weight is 833 g/mol. The number of hydrogen-bond donors (Lipinski definition) is 3. The third-order valence-corrected chi connectivity index (χ3v) is 13.7. The molecule has 59 heavy (non-hydrogen) atoms. The van der Waals surface area contributed by atoms with Crippen molar-refractivity contribution in [2.45, 2.75) is 76.2 Å². The van der Waals surface area contributed by atoms with Gasteiger partial charge in [-0.1, -0.05) is 20.4 Å². The normalized spacial score (nSPS) is 19.7. The predicted molar refractivity (Wildman–Crippen MR) is 221 cm³/mol. The standard InChI is InChI=1S/C42H47F3N8O5S/c1-5-34(55)48-30-20-24(6-7-32(30)52-17-16-51(22-33(52)42(43,44)45)25-11-18-58-19-12-25)47-37-40(57)50(4)21-31(49-37)26-9-14-46-38(29(26)23-54)53-15-10-27-28-8-13-41(2,3)36(28)59-35(27)39(53)56/h5-7,9,14,20-21,25,33,54H,1,8,10-13,15-19,22-23H2,2-4H3,(H,47,49)(H,48,55). The van der Waals surface area contributed by atoms with Gasteiger partial charge in [-0.2, -0.15) is 13.2 Å². The van der Waals surface area contributed by atoms with E-state index in [1.807, 2.05) is 4.90 Å². The summed E-state index contributed by atoms with van der Waals surface area (Å²) < 4.78 is 50.9. The summed E-state index contributed by atoms with van der Waals surface area (Å²) in [6.07, 6.45) is 3.52. The van der Waals surface area contributed by atoms with E-state index in [1.165, 1.54) is 50.5 Å². The van der Waals surface area contributed by atoms with E-state index in [9.17, 15) is 32.7 Å². The zero-order chi connectivity index (χ0) is 41.8. The number of anilines is 5. The summed E-state index contributed by atoms with van der Waals surface area (Å²) in [5.41, 5.74) is 3.56. The minimum atomic E-state index is -4.57. The molecule has 1 unspecified atom stereocenters. The van der Waals surface area contributed by atoms with Crippen LogP contribution in [0.4, 0.5) is 41.9 Å². The van der Waals surface area contributed by atoms with Crippen LogP contribution in [0.25, 0.3) is 11.3 Å². The van der Waals surface area contributed by atoms with E-state index in [1.54, 1.807) is 29.4 Å². The number of halogens is 3. The van der Waals surface area contributed by atoms with Crippen LogP contribution < -0.4 is 26.0 Å². The van der Waals surface area contributed by atoms with Gasteiger partial charge in [0.2, 0.25) is 5.91 Å². The summed E-state index contributed by atoms with van der Waals surface area (Å²) in [5.74, 6) is -0.595. The molecule has 0 bridgehead atoms. The third kappa shape index (κ3) is 7.64. The number of aliphatic hydroxyl groups is 1. The number of carbonyl (C=O) groups is 2. The Labute approximate surface area is 343 Å². The highest BCUT2D eigenvalue weighted by Gasteiger charge is 2.48. The number of alkyl halides is 3. The van der Waals surface area contributed by atoms with Crippen molar-refractivity contribution in [3.63, 3.8) is 0 Å². The largest absolute Gasteiger partial charge is 0.409 e. The van der Waals surface area contributed by atoms with Crippen LogP contribution in [0.3, 0.4) is 0 Å². The van der Waals surface area contributed by atoms with E-state index in [4.69, 9.17) is 4.74 Å². The molecule has 1 aliphatic carbocycles. The van der Waals surface area contributed by atoms with Gasteiger partial charge in [0.25, 0.3) is 11.5 Å². The molecule has 1 atom stereocenters. The van der Waals surface area contributed by atoms with Gasteiger partial charge in [-0.15, -0.1) is 11.3 Å². The molecule has 2 fully saturated rings. The summed E-state index contributed by atoms with van der Waals surface area (Å²) in [4.78, 5) is 56.1. The summed E-state index contributed by atoms with van der Waals surface area (Å²) in [7, 11) is 1.54. The lowest BCUT2D eigenvalue weighted by atomic mass is 9.93. The molecule has 6 heterocycles. The number of aryl methyl sites for hydroxylation is 1. The number of benzene rings is 1. The number of ether oxygens (including phenoxy) is 1. The van der Waals surface area contributed by atoms with E-state index >= 15 is 0 Å². The number of rotatable bonds is 9. The predicted octanol–water partition coefficient (Wildman–Crippen LogP) is 5.92. The first-order valence-corrected chi connectivity index (χ1v) is 20.6. The van der Waals surface area contributed by atoms with Gasteiger partial charge in [0.15, 0.2) is 5.82 Å². The minimum absolute atomic E-state index is 0.00424. The molecule has 312 valence electrons.